The van der Waals surface area contributed by atoms with Crippen LogP contribution in [-0.2, 0) is 29.2 Å². The molecule has 0 spiro atoms. The van der Waals surface area contributed by atoms with Gasteiger partial charge in [-0.2, -0.15) is 0 Å². The van der Waals surface area contributed by atoms with Crippen molar-refractivity contribution >= 4 is 20.8 Å². The summed E-state index contributed by atoms with van der Waals surface area (Å²) in [4.78, 5) is 0. The van der Waals surface area contributed by atoms with Gasteiger partial charge in [-0.25, -0.2) is 16.8 Å². The maximum atomic E-state index is 10.1. The van der Waals surface area contributed by atoms with E-state index in [-0.39, 0.29) is 84.2 Å². The summed E-state index contributed by atoms with van der Waals surface area (Å²) in [7, 11) is -9.01. The van der Waals surface area contributed by atoms with E-state index >= 15 is 0 Å². The van der Waals surface area contributed by atoms with Crippen molar-refractivity contribution in [1.82, 2.24) is 0 Å². The third-order valence-corrected chi connectivity index (χ3v) is 4.83. The van der Waals surface area contributed by atoms with Crippen molar-refractivity contribution in [3.63, 3.8) is 0 Å². The number of rotatable bonds is 14. The monoisotopic (exact) mass is 464 g/mol. The molecule has 0 fully saturated rings. The summed E-state index contributed by atoms with van der Waals surface area (Å²) >= 11 is 0. The first-order chi connectivity index (χ1) is 12.0. The van der Waals surface area contributed by atoms with Gasteiger partial charge in [-0.15, -0.1) is 0 Å². The van der Waals surface area contributed by atoms with Crippen LogP contribution in [0.4, 0.5) is 0 Å². The van der Waals surface area contributed by atoms with Crippen LogP contribution in [0.2, 0.25) is 0 Å². The van der Waals surface area contributed by atoms with Crippen LogP contribution in [0.15, 0.2) is 0 Å². The fraction of sp³-hybridized carbons (Fsp3) is 1.00. The Balaban J connectivity index is -0.000000192. The van der Waals surface area contributed by atoms with Crippen LogP contribution in [0.1, 0.15) is 79.1 Å². The summed E-state index contributed by atoms with van der Waals surface area (Å²) in [6, 6.07) is 0. The Morgan fingerprint density at radius 3 is 1.14 bits per heavy atom. The molecular weight excluding hydrogens is 430 g/mol. The maximum absolute atomic E-state index is 10.1. The molecule has 0 aromatic rings. The molecule has 0 rings (SSSR count). The average Bonchev–Trinajstić information content (AvgIpc) is 2.54. The van der Waals surface area contributed by atoms with Gasteiger partial charge in [0, 0.05) is 0 Å². The van der Waals surface area contributed by atoms with E-state index < -0.39 is 20.8 Å². The van der Waals surface area contributed by atoms with E-state index in [1.807, 2.05) is 13.8 Å². The molecule has 2 atom stereocenters. The van der Waals surface area contributed by atoms with Gasteiger partial charge >= 0.3 is 59.1 Å². The van der Waals surface area contributed by atoms with Crippen LogP contribution in [0.5, 0.6) is 0 Å². The molecule has 0 radical (unpaired) electrons. The van der Waals surface area contributed by atoms with E-state index in [4.69, 9.17) is 0 Å². The van der Waals surface area contributed by atoms with Crippen molar-refractivity contribution in [3.8, 4) is 0 Å². The van der Waals surface area contributed by atoms with Crippen molar-refractivity contribution in [2.75, 3.05) is 13.2 Å². The molecule has 0 aromatic heterocycles. The molecule has 0 heterocycles. The van der Waals surface area contributed by atoms with E-state index in [1.165, 1.54) is 0 Å². The topological polar surface area (TPSA) is 133 Å². The van der Waals surface area contributed by atoms with Crippen LogP contribution >= 0.6 is 0 Å². The second-order valence-electron chi connectivity index (χ2n) is 6.22. The van der Waals surface area contributed by atoms with Gasteiger partial charge in [-0.3, -0.25) is 8.37 Å². The predicted octanol–water partition coefficient (Wildman–Crippen LogP) is -2.63. The van der Waals surface area contributed by atoms with E-state index in [2.05, 4.69) is 22.2 Å². The van der Waals surface area contributed by atoms with E-state index in [0.29, 0.717) is 0 Å². The molecule has 0 aliphatic heterocycles. The second kappa shape index (κ2) is 22.0. The van der Waals surface area contributed by atoms with Gasteiger partial charge in [0.25, 0.3) is 0 Å². The molecule has 2 unspecified atom stereocenters. The Hall–Kier alpha value is 1.74. The number of unbranched alkanes of at least 4 members (excludes halogenated alkanes) is 2. The van der Waals surface area contributed by atoms with Crippen LogP contribution in [-0.4, -0.2) is 39.2 Å². The molecule has 0 aromatic carbocycles. The molecule has 0 aliphatic rings. The number of hydrogen-bond donors (Lipinski definition) is 0. The first kappa shape index (κ1) is 37.1. The summed E-state index contributed by atoms with van der Waals surface area (Å²) in [6.07, 6.45) is 7.75. The zero-order chi connectivity index (χ0) is 20.6. The van der Waals surface area contributed by atoms with Crippen molar-refractivity contribution in [1.29, 1.82) is 0 Å². The van der Waals surface area contributed by atoms with Crippen LogP contribution in [0, 0.1) is 11.8 Å². The zero-order valence-corrected chi connectivity index (χ0v) is 23.9. The first-order valence-corrected chi connectivity index (χ1v) is 11.9. The van der Waals surface area contributed by atoms with Gasteiger partial charge in [-0.1, -0.05) is 66.2 Å². The van der Waals surface area contributed by atoms with Gasteiger partial charge < -0.3 is 9.11 Å². The zero-order valence-electron chi connectivity index (χ0n) is 18.3. The number of hydrogen-bond acceptors (Lipinski definition) is 8. The van der Waals surface area contributed by atoms with Gasteiger partial charge in [0.2, 0.25) is 20.8 Å². The molecule has 0 saturated carbocycles. The summed E-state index contributed by atoms with van der Waals surface area (Å²) in [5.41, 5.74) is 0. The summed E-state index contributed by atoms with van der Waals surface area (Å²) < 4.78 is 69.3. The molecule has 28 heavy (non-hydrogen) atoms. The molecular formula is C16H34Na2O8S2. The minimum atomic E-state index is -4.50. The van der Waals surface area contributed by atoms with Crippen LogP contribution in [0.25, 0.3) is 0 Å². The third kappa shape index (κ3) is 29.9. The molecule has 0 bridgehead atoms. The fourth-order valence-corrected chi connectivity index (χ4v) is 2.87. The average molecular weight is 465 g/mol. The summed E-state index contributed by atoms with van der Waals surface area (Å²) in [6.45, 7) is 8.11. The van der Waals surface area contributed by atoms with E-state index in [1.54, 1.807) is 0 Å². The Labute approximate surface area is 216 Å². The van der Waals surface area contributed by atoms with E-state index in [0.717, 1.165) is 51.4 Å². The fourth-order valence-electron chi connectivity index (χ4n) is 2.16. The summed E-state index contributed by atoms with van der Waals surface area (Å²) in [5.74, 6) is 0.368. The minimum Gasteiger partial charge on any atom is -0.726 e. The molecule has 0 amide bonds. The minimum absolute atomic E-state index is 0. The van der Waals surface area contributed by atoms with Crippen LogP contribution in [0.3, 0.4) is 0 Å². The van der Waals surface area contributed by atoms with Crippen molar-refractivity contribution < 1.29 is 93.4 Å². The Morgan fingerprint density at radius 1 is 0.679 bits per heavy atom. The molecule has 0 N–H and O–H groups in total. The van der Waals surface area contributed by atoms with Gasteiger partial charge in [0.05, 0.1) is 13.2 Å². The van der Waals surface area contributed by atoms with Gasteiger partial charge in [-0.05, 0) is 24.7 Å². The Kier molecular flexibility index (Phi) is 29.1. The predicted molar refractivity (Wildman–Crippen MR) is 97.9 cm³/mol. The quantitative estimate of drug-likeness (QED) is 0.155. The largest absolute Gasteiger partial charge is 1.00 e. The molecule has 12 heteroatoms. The first-order valence-electron chi connectivity index (χ1n) is 9.19. The Bertz CT molecular complexity index is 479. The second-order valence-corrected chi connectivity index (χ2v) is 8.32. The van der Waals surface area contributed by atoms with E-state index in [9.17, 15) is 25.9 Å². The molecule has 8 nitrogen and oxygen atoms in total. The van der Waals surface area contributed by atoms with Gasteiger partial charge in [0.15, 0.2) is 0 Å². The molecule has 0 saturated heterocycles. The smallest absolute Gasteiger partial charge is 0.726 e. The van der Waals surface area contributed by atoms with Crippen molar-refractivity contribution in [2.45, 2.75) is 79.1 Å². The standard InChI is InChI=1S/2C8H18O4S.2Na/c2*1-3-5-6-8(4-2)7-12-13(9,10)11;;/h2*8H,3-7H2,1-2H3,(H,9,10,11);;/q;;2*+1/p-2. The maximum Gasteiger partial charge on any atom is 1.00 e. The normalized spacial score (nSPS) is 13.4. The van der Waals surface area contributed by atoms with Crippen molar-refractivity contribution in [3.05, 3.63) is 0 Å². The third-order valence-electron chi connectivity index (χ3n) is 3.98. The Morgan fingerprint density at radius 2 is 0.964 bits per heavy atom. The molecule has 0 aliphatic carbocycles. The summed E-state index contributed by atoms with van der Waals surface area (Å²) in [5, 5.41) is 0. The van der Waals surface area contributed by atoms with Crippen LogP contribution < -0.4 is 59.1 Å². The van der Waals surface area contributed by atoms with Crippen molar-refractivity contribution in [2.24, 2.45) is 11.8 Å². The molecule has 160 valence electrons. The SMILES string of the molecule is CCCCC(CC)COS(=O)(=O)[O-].CCCCC(CC)COS(=O)(=O)[O-].[Na+].[Na+]. The van der Waals surface area contributed by atoms with Gasteiger partial charge in [0.1, 0.15) is 0 Å².